The van der Waals surface area contributed by atoms with Crippen LogP contribution < -0.4 is 0 Å². The molecular weight excluding hydrogens is 204 g/mol. The molecule has 0 aromatic carbocycles. The van der Waals surface area contributed by atoms with Crippen LogP contribution in [0.5, 0.6) is 0 Å². The van der Waals surface area contributed by atoms with Crippen molar-refractivity contribution < 1.29 is 9.32 Å². The van der Waals surface area contributed by atoms with Gasteiger partial charge in [-0.05, 0) is 25.7 Å². The van der Waals surface area contributed by atoms with Crippen LogP contribution in [0.1, 0.15) is 48.7 Å². The number of hydrogen-bond acceptors (Lipinski definition) is 3. The Kier molecular flexibility index (Phi) is 3.59. The Morgan fingerprint density at radius 3 is 2.88 bits per heavy atom. The van der Waals surface area contributed by atoms with E-state index in [1.165, 1.54) is 6.42 Å². The normalized spacial score (nSPS) is 16.4. The van der Waals surface area contributed by atoms with E-state index in [4.69, 9.17) is 4.52 Å². The highest BCUT2D eigenvalue weighted by molar-refractivity contribution is 5.94. The number of amides is 1. The van der Waals surface area contributed by atoms with Crippen LogP contribution in [0.25, 0.3) is 0 Å². The molecule has 1 fully saturated rings. The summed E-state index contributed by atoms with van der Waals surface area (Å²) in [6, 6.07) is 0. The summed E-state index contributed by atoms with van der Waals surface area (Å²) in [6.07, 6.45) is 6.77. The predicted octanol–water partition coefficient (Wildman–Crippen LogP) is 2.25. The van der Waals surface area contributed by atoms with Gasteiger partial charge >= 0.3 is 0 Å². The molecule has 0 unspecified atom stereocenters. The Balaban J connectivity index is 2.09. The lowest BCUT2D eigenvalue weighted by Gasteiger charge is -2.26. The maximum Gasteiger partial charge on any atom is 0.259 e. The number of carbonyl (C=O) groups is 1. The van der Waals surface area contributed by atoms with Crippen LogP contribution in [-0.4, -0.2) is 29.1 Å². The molecule has 1 aliphatic rings. The van der Waals surface area contributed by atoms with Gasteiger partial charge in [-0.3, -0.25) is 4.79 Å². The predicted molar refractivity (Wildman–Crippen MR) is 60.3 cm³/mol. The van der Waals surface area contributed by atoms with E-state index in [-0.39, 0.29) is 5.91 Å². The van der Waals surface area contributed by atoms with E-state index in [1.807, 2.05) is 4.90 Å². The third kappa shape index (κ3) is 2.26. The molecule has 0 aliphatic carbocycles. The molecular formula is C12H18N2O2. The molecule has 4 nitrogen and oxygen atoms in total. The van der Waals surface area contributed by atoms with Gasteiger partial charge < -0.3 is 9.42 Å². The Hall–Kier alpha value is -1.32. The first-order valence-electron chi connectivity index (χ1n) is 6.05. The fraction of sp³-hybridized carbons (Fsp3) is 0.667. The van der Waals surface area contributed by atoms with Crippen LogP contribution >= 0.6 is 0 Å². The fourth-order valence-electron chi connectivity index (χ4n) is 2.11. The zero-order valence-corrected chi connectivity index (χ0v) is 9.74. The standard InChI is InChI=1S/C12H18N2O2/c1-2-6-11-10(9-13-16-11)12(15)14-7-4-3-5-8-14/h9H,2-8H2,1H3. The highest BCUT2D eigenvalue weighted by Crippen LogP contribution is 2.16. The quantitative estimate of drug-likeness (QED) is 0.788. The van der Waals surface area contributed by atoms with Crippen molar-refractivity contribution in [1.29, 1.82) is 0 Å². The first-order chi connectivity index (χ1) is 7.83. The second-order valence-corrected chi connectivity index (χ2v) is 4.27. The third-order valence-electron chi connectivity index (χ3n) is 3.00. The average molecular weight is 222 g/mol. The summed E-state index contributed by atoms with van der Waals surface area (Å²) in [5, 5.41) is 3.73. The number of hydrogen-bond donors (Lipinski definition) is 0. The Morgan fingerprint density at radius 2 is 2.19 bits per heavy atom. The van der Waals surface area contributed by atoms with Crippen molar-refractivity contribution in [2.24, 2.45) is 0 Å². The van der Waals surface area contributed by atoms with Gasteiger partial charge in [0.25, 0.3) is 5.91 Å². The SMILES string of the molecule is CCCc1oncc1C(=O)N1CCCCC1. The highest BCUT2D eigenvalue weighted by atomic mass is 16.5. The van der Waals surface area contributed by atoms with E-state index in [9.17, 15) is 4.79 Å². The maximum absolute atomic E-state index is 12.2. The van der Waals surface area contributed by atoms with Gasteiger partial charge in [0.15, 0.2) is 0 Å². The minimum Gasteiger partial charge on any atom is -0.361 e. The van der Waals surface area contributed by atoms with Crippen molar-refractivity contribution in [3.05, 3.63) is 17.5 Å². The molecule has 1 aromatic heterocycles. The second-order valence-electron chi connectivity index (χ2n) is 4.27. The molecule has 0 saturated carbocycles. The fourth-order valence-corrected chi connectivity index (χ4v) is 2.11. The molecule has 1 saturated heterocycles. The largest absolute Gasteiger partial charge is 0.361 e. The summed E-state index contributed by atoms with van der Waals surface area (Å²) in [7, 11) is 0. The van der Waals surface area contributed by atoms with Gasteiger partial charge in [0.05, 0.1) is 6.20 Å². The molecule has 0 bridgehead atoms. The summed E-state index contributed by atoms with van der Waals surface area (Å²) < 4.78 is 5.12. The summed E-state index contributed by atoms with van der Waals surface area (Å²) in [4.78, 5) is 14.1. The second kappa shape index (κ2) is 5.14. The van der Waals surface area contributed by atoms with Gasteiger partial charge in [-0.2, -0.15) is 0 Å². The lowest BCUT2D eigenvalue weighted by atomic mass is 10.1. The molecule has 4 heteroatoms. The Bertz CT molecular complexity index is 354. The van der Waals surface area contributed by atoms with Crippen LogP contribution in [0, 0.1) is 0 Å². The number of rotatable bonds is 3. The highest BCUT2D eigenvalue weighted by Gasteiger charge is 2.22. The van der Waals surface area contributed by atoms with Crippen LogP contribution in [-0.2, 0) is 6.42 Å². The third-order valence-corrected chi connectivity index (χ3v) is 3.00. The minimum absolute atomic E-state index is 0.0874. The summed E-state index contributed by atoms with van der Waals surface area (Å²) in [5.41, 5.74) is 0.656. The van der Waals surface area contributed by atoms with Crippen molar-refractivity contribution in [3.8, 4) is 0 Å². The summed E-state index contributed by atoms with van der Waals surface area (Å²) in [6.45, 7) is 3.81. The van der Waals surface area contributed by atoms with E-state index in [0.29, 0.717) is 5.56 Å². The van der Waals surface area contributed by atoms with Gasteiger partial charge in [-0.15, -0.1) is 0 Å². The van der Waals surface area contributed by atoms with Crippen molar-refractivity contribution >= 4 is 5.91 Å². The van der Waals surface area contributed by atoms with Gasteiger partial charge in [0, 0.05) is 19.5 Å². The van der Waals surface area contributed by atoms with E-state index in [2.05, 4.69) is 12.1 Å². The zero-order chi connectivity index (χ0) is 11.4. The molecule has 2 heterocycles. The molecule has 88 valence electrons. The van der Waals surface area contributed by atoms with Gasteiger partial charge in [0.2, 0.25) is 0 Å². The minimum atomic E-state index is 0.0874. The van der Waals surface area contributed by atoms with Crippen molar-refractivity contribution in [3.63, 3.8) is 0 Å². The van der Waals surface area contributed by atoms with Crippen LogP contribution in [0.15, 0.2) is 10.7 Å². The first-order valence-corrected chi connectivity index (χ1v) is 6.05. The number of nitrogens with zero attached hydrogens (tertiary/aromatic N) is 2. The molecule has 0 N–H and O–H groups in total. The monoisotopic (exact) mass is 222 g/mol. The Morgan fingerprint density at radius 1 is 1.44 bits per heavy atom. The van der Waals surface area contributed by atoms with Crippen LogP contribution in [0.2, 0.25) is 0 Å². The molecule has 0 spiro atoms. The molecule has 0 radical (unpaired) electrons. The van der Waals surface area contributed by atoms with Crippen molar-refractivity contribution in [1.82, 2.24) is 10.1 Å². The Labute approximate surface area is 95.6 Å². The number of aryl methyl sites for hydroxylation is 1. The number of carbonyl (C=O) groups excluding carboxylic acids is 1. The number of piperidine rings is 1. The molecule has 1 aromatic rings. The molecule has 16 heavy (non-hydrogen) atoms. The average Bonchev–Trinajstić information content (AvgIpc) is 2.78. The van der Waals surface area contributed by atoms with E-state index < -0.39 is 0 Å². The number of aromatic nitrogens is 1. The summed E-state index contributed by atoms with van der Waals surface area (Å²) in [5.74, 6) is 0.822. The molecule has 1 aliphatic heterocycles. The van der Waals surface area contributed by atoms with Gasteiger partial charge in [0.1, 0.15) is 11.3 Å². The van der Waals surface area contributed by atoms with Crippen LogP contribution in [0.4, 0.5) is 0 Å². The van der Waals surface area contributed by atoms with Gasteiger partial charge in [-0.1, -0.05) is 12.1 Å². The van der Waals surface area contributed by atoms with Crippen molar-refractivity contribution in [2.75, 3.05) is 13.1 Å². The molecule has 2 rings (SSSR count). The lowest BCUT2D eigenvalue weighted by molar-refractivity contribution is 0.0722. The lowest BCUT2D eigenvalue weighted by Crippen LogP contribution is -2.35. The molecule has 0 atom stereocenters. The topological polar surface area (TPSA) is 46.3 Å². The molecule has 1 amide bonds. The van der Waals surface area contributed by atoms with E-state index in [1.54, 1.807) is 6.20 Å². The maximum atomic E-state index is 12.2. The smallest absolute Gasteiger partial charge is 0.259 e. The number of likely N-dealkylation sites (tertiary alicyclic amines) is 1. The first kappa shape index (κ1) is 11.2. The zero-order valence-electron chi connectivity index (χ0n) is 9.74. The summed E-state index contributed by atoms with van der Waals surface area (Å²) >= 11 is 0. The van der Waals surface area contributed by atoms with Gasteiger partial charge in [-0.25, -0.2) is 0 Å². The van der Waals surface area contributed by atoms with Crippen molar-refractivity contribution in [2.45, 2.75) is 39.0 Å². The van der Waals surface area contributed by atoms with Crippen LogP contribution in [0.3, 0.4) is 0 Å². The van der Waals surface area contributed by atoms with E-state index >= 15 is 0 Å². The van der Waals surface area contributed by atoms with E-state index in [0.717, 1.165) is 44.5 Å².